The Labute approximate surface area is 187 Å². The van der Waals surface area contributed by atoms with Crippen LogP contribution in [0.3, 0.4) is 0 Å². The van der Waals surface area contributed by atoms with E-state index in [1.165, 1.54) is 0 Å². The zero-order valence-corrected chi connectivity index (χ0v) is 17.2. The number of carbonyl (C=O) groups excluding carboxylic acids is 2. The number of benzene rings is 3. The number of nitro groups is 1. The summed E-state index contributed by atoms with van der Waals surface area (Å²) in [6.45, 7) is -0.755. The average molecular weight is 454 g/mol. The summed E-state index contributed by atoms with van der Waals surface area (Å²) in [7, 11) is 0. The van der Waals surface area contributed by atoms with Crippen LogP contribution in [0.4, 0.5) is 15.8 Å². The minimum absolute atomic E-state index is 0.391. The van der Waals surface area contributed by atoms with Crippen LogP contribution < -0.4 is 14.8 Å². The molecule has 33 heavy (non-hydrogen) atoms. The molecule has 3 aromatic carbocycles. The van der Waals surface area contributed by atoms with E-state index in [2.05, 4.69) is 5.32 Å². The van der Waals surface area contributed by atoms with E-state index in [0.717, 1.165) is 23.8 Å². The van der Waals surface area contributed by atoms with Crippen LogP contribution in [0.1, 0.15) is 5.56 Å². The Balaban J connectivity index is 1.40. The first-order valence-electron chi connectivity index (χ1n) is 9.70. The molecule has 9 nitrogen and oxygen atoms in total. The third-order valence-corrected chi connectivity index (χ3v) is 4.23. The number of ether oxygens (including phenoxy) is 3. The monoisotopic (exact) mass is 454 g/mol. The van der Waals surface area contributed by atoms with E-state index >= 15 is 0 Å². The zero-order valence-electron chi connectivity index (χ0n) is 17.2. The SMILES string of the molecule is O=C(COC(=O)COc1ccc(OCc2ccccc2)cc1)Nc1cc([N+](=O)[O-])ccc1F. The molecule has 0 saturated heterocycles. The smallest absolute Gasteiger partial charge is 0.344 e. The summed E-state index contributed by atoms with van der Waals surface area (Å²) >= 11 is 0. The van der Waals surface area contributed by atoms with Crippen molar-refractivity contribution >= 4 is 23.3 Å². The number of anilines is 1. The summed E-state index contributed by atoms with van der Waals surface area (Å²) in [5.41, 5.74) is 0.238. The van der Waals surface area contributed by atoms with Gasteiger partial charge >= 0.3 is 5.97 Å². The van der Waals surface area contributed by atoms with Crippen molar-refractivity contribution in [2.24, 2.45) is 0 Å². The predicted octanol–water partition coefficient (Wildman–Crippen LogP) is 3.87. The van der Waals surface area contributed by atoms with Gasteiger partial charge in [0.2, 0.25) is 0 Å². The molecule has 0 unspecified atom stereocenters. The molecule has 0 atom stereocenters. The fourth-order valence-corrected chi connectivity index (χ4v) is 2.61. The average Bonchev–Trinajstić information content (AvgIpc) is 2.82. The first-order valence-corrected chi connectivity index (χ1v) is 9.70. The van der Waals surface area contributed by atoms with E-state index in [0.29, 0.717) is 18.1 Å². The number of amides is 1. The van der Waals surface area contributed by atoms with Crippen LogP contribution >= 0.6 is 0 Å². The van der Waals surface area contributed by atoms with Gasteiger partial charge in [-0.25, -0.2) is 9.18 Å². The summed E-state index contributed by atoms with van der Waals surface area (Å²) in [5.74, 6) is -1.53. The van der Waals surface area contributed by atoms with Crippen LogP contribution in [0, 0.1) is 15.9 Å². The molecule has 1 N–H and O–H groups in total. The Morgan fingerprint density at radius 1 is 0.909 bits per heavy atom. The zero-order chi connectivity index (χ0) is 23.6. The maximum atomic E-state index is 13.7. The molecular weight excluding hydrogens is 435 g/mol. The third kappa shape index (κ3) is 7.31. The number of nitrogens with zero attached hydrogens (tertiary/aromatic N) is 1. The van der Waals surface area contributed by atoms with Crippen LogP contribution in [-0.4, -0.2) is 30.0 Å². The van der Waals surface area contributed by atoms with Gasteiger partial charge in [-0.15, -0.1) is 0 Å². The van der Waals surface area contributed by atoms with Gasteiger partial charge in [-0.2, -0.15) is 0 Å². The first kappa shape index (κ1) is 23.2. The van der Waals surface area contributed by atoms with Gasteiger partial charge in [0, 0.05) is 12.1 Å². The molecule has 3 aromatic rings. The van der Waals surface area contributed by atoms with Crippen molar-refractivity contribution in [3.05, 3.63) is 94.3 Å². The highest BCUT2D eigenvalue weighted by molar-refractivity contribution is 5.93. The second-order valence-electron chi connectivity index (χ2n) is 6.66. The fraction of sp³-hybridized carbons (Fsp3) is 0.130. The van der Waals surface area contributed by atoms with Crippen LogP contribution in [-0.2, 0) is 20.9 Å². The largest absolute Gasteiger partial charge is 0.489 e. The number of esters is 1. The van der Waals surface area contributed by atoms with E-state index in [4.69, 9.17) is 14.2 Å². The summed E-state index contributed by atoms with van der Waals surface area (Å²) in [6.07, 6.45) is 0. The van der Waals surface area contributed by atoms with Crippen LogP contribution in [0.2, 0.25) is 0 Å². The Hall–Kier alpha value is -4.47. The number of non-ortho nitro benzene ring substituents is 1. The second-order valence-corrected chi connectivity index (χ2v) is 6.66. The lowest BCUT2D eigenvalue weighted by molar-refractivity contribution is -0.384. The third-order valence-electron chi connectivity index (χ3n) is 4.23. The van der Waals surface area contributed by atoms with Gasteiger partial charge < -0.3 is 19.5 Å². The van der Waals surface area contributed by atoms with Crippen molar-refractivity contribution in [2.75, 3.05) is 18.5 Å². The van der Waals surface area contributed by atoms with Gasteiger partial charge in [0.15, 0.2) is 13.2 Å². The normalized spacial score (nSPS) is 10.2. The van der Waals surface area contributed by atoms with Crippen molar-refractivity contribution < 1.29 is 33.1 Å². The van der Waals surface area contributed by atoms with Gasteiger partial charge in [-0.05, 0) is 35.9 Å². The van der Waals surface area contributed by atoms with E-state index < -0.39 is 47.2 Å². The predicted molar refractivity (Wildman–Crippen MR) is 115 cm³/mol. The summed E-state index contributed by atoms with van der Waals surface area (Å²) < 4.78 is 29.4. The highest BCUT2D eigenvalue weighted by Gasteiger charge is 2.14. The molecule has 0 aliphatic carbocycles. The minimum Gasteiger partial charge on any atom is -0.489 e. The van der Waals surface area contributed by atoms with E-state index in [-0.39, 0.29) is 0 Å². The van der Waals surface area contributed by atoms with Gasteiger partial charge in [0.1, 0.15) is 23.9 Å². The summed E-state index contributed by atoms with van der Waals surface area (Å²) in [4.78, 5) is 33.7. The van der Waals surface area contributed by atoms with Crippen molar-refractivity contribution in [2.45, 2.75) is 6.61 Å². The number of rotatable bonds is 10. The fourth-order valence-electron chi connectivity index (χ4n) is 2.61. The lowest BCUT2D eigenvalue weighted by Crippen LogP contribution is -2.24. The number of carbonyl (C=O) groups is 2. The van der Waals surface area contributed by atoms with E-state index in [9.17, 15) is 24.1 Å². The van der Waals surface area contributed by atoms with Gasteiger partial charge in [-0.1, -0.05) is 30.3 Å². The topological polar surface area (TPSA) is 117 Å². The van der Waals surface area contributed by atoms with Crippen LogP contribution in [0.25, 0.3) is 0 Å². The van der Waals surface area contributed by atoms with Crippen molar-refractivity contribution in [1.82, 2.24) is 0 Å². The Bertz CT molecular complexity index is 1120. The maximum Gasteiger partial charge on any atom is 0.344 e. The molecule has 0 aliphatic heterocycles. The van der Waals surface area contributed by atoms with E-state index in [1.54, 1.807) is 24.3 Å². The molecule has 0 heterocycles. The number of hydrogen-bond donors (Lipinski definition) is 1. The maximum absolute atomic E-state index is 13.7. The highest BCUT2D eigenvalue weighted by atomic mass is 19.1. The summed E-state index contributed by atoms with van der Waals surface area (Å²) in [6, 6.07) is 18.9. The summed E-state index contributed by atoms with van der Waals surface area (Å²) in [5, 5.41) is 12.9. The Morgan fingerprint density at radius 2 is 1.58 bits per heavy atom. The Morgan fingerprint density at radius 3 is 2.24 bits per heavy atom. The van der Waals surface area contributed by atoms with Crippen molar-refractivity contribution in [1.29, 1.82) is 0 Å². The molecule has 10 heteroatoms. The molecule has 0 fully saturated rings. The van der Waals surface area contributed by atoms with Crippen molar-refractivity contribution in [3.8, 4) is 11.5 Å². The molecule has 0 aliphatic rings. The molecule has 3 rings (SSSR count). The molecule has 0 spiro atoms. The number of nitrogens with one attached hydrogen (secondary N) is 1. The number of hydrogen-bond acceptors (Lipinski definition) is 7. The van der Waals surface area contributed by atoms with Crippen LogP contribution in [0.5, 0.6) is 11.5 Å². The number of nitro benzene ring substituents is 1. The van der Waals surface area contributed by atoms with Gasteiger partial charge in [0.25, 0.3) is 11.6 Å². The second kappa shape index (κ2) is 11.2. The number of halogens is 1. The quantitative estimate of drug-likeness (QED) is 0.281. The molecule has 0 radical (unpaired) electrons. The molecule has 0 aromatic heterocycles. The molecular formula is C23H19FN2O7. The molecule has 0 bridgehead atoms. The van der Waals surface area contributed by atoms with Gasteiger partial charge in [0.05, 0.1) is 10.6 Å². The lowest BCUT2D eigenvalue weighted by atomic mass is 10.2. The van der Waals surface area contributed by atoms with E-state index in [1.807, 2.05) is 30.3 Å². The van der Waals surface area contributed by atoms with Crippen LogP contribution in [0.15, 0.2) is 72.8 Å². The lowest BCUT2D eigenvalue weighted by Gasteiger charge is -2.09. The van der Waals surface area contributed by atoms with Gasteiger partial charge in [-0.3, -0.25) is 14.9 Å². The minimum atomic E-state index is -0.861. The first-order chi connectivity index (χ1) is 15.9. The molecule has 1 amide bonds. The standard InChI is InChI=1S/C23H19FN2O7/c24-20-11-6-17(26(29)30)12-21(20)25-22(27)14-33-23(28)15-32-19-9-7-18(8-10-19)31-13-16-4-2-1-3-5-16/h1-12H,13-15H2,(H,25,27). The van der Waals surface area contributed by atoms with Crippen molar-refractivity contribution in [3.63, 3.8) is 0 Å². The molecule has 170 valence electrons. The Kier molecular flexibility index (Phi) is 7.90. The molecule has 0 saturated carbocycles. The highest BCUT2D eigenvalue weighted by Crippen LogP contribution is 2.21.